The molecular formula is C6H13N2OY2-3. The van der Waals surface area contributed by atoms with Crippen molar-refractivity contribution in [2.24, 2.45) is 0 Å². The molecule has 0 bridgehead atoms. The van der Waals surface area contributed by atoms with E-state index in [0.29, 0.717) is 6.67 Å². The molecule has 3 nitrogen and oxygen atoms in total. The van der Waals surface area contributed by atoms with E-state index in [1.807, 2.05) is 6.92 Å². The number of nitrogens with zero attached hydrogens (tertiary/aromatic N) is 2. The first-order valence-corrected chi connectivity index (χ1v) is 2.97. The first-order valence-electron chi connectivity index (χ1n) is 2.97. The third-order valence-electron chi connectivity index (χ3n) is 0.739. The predicted octanol–water partition coefficient (Wildman–Crippen LogP) is 1.25. The van der Waals surface area contributed by atoms with Gasteiger partial charge in [-0.1, -0.05) is 6.92 Å². The Balaban J connectivity index is -0.000000320. The molecule has 2 unspecified atom stereocenters. The number of hydrogen-bond acceptors (Lipinski definition) is 1. The maximum atomic E-state index is 8.62. The second kappa shape index (κ2) is 12.1. The van der Waals surface area contributed by atoms with E-state index in [1.54, 1.807) is 6.92 Å². The van der Waals surface area contributed by atoms with Crippen LogP contribution in [0, 0.1) is 6.92 Å². The quantitative estimate of drug-likeness (QED) is 0.781. The number of hydrogen-bond donors (Lipinski definition) is 1. The predicted molar refractivity (Wildman–Crippen MR) is 38.1 cm³/mol. The molecule has 0 aromatic heterocycles. The summed E-state index contributed by atoms with van der Waals surface area (Å²) in [5, 5.41) is 16.3. The normalized spacial score (nSPS) is 14.2. The molecule has 0 saturated carbocycles. The third kappa shape index (κ3) is 18.8. The standard InChI is InChI=1S/C6H13N2O.2Y/c1-5(2)7-4-8-6(3)9;;/h5-6,9H,1,4H2,2-3H3;;/q-3;;. The summed E-state index contributed by atoms with van der Waals surface area (Å²) in [6.07, 6.45) is -0.604. The van der Waals surface area contributed by atoms with E-state index >= 15 is 0 Å². The van der Waals surface area contributed by atoms with Crippen LogP contribution in [0.3, 0.4) is 0 Å². The van der Waals surface area contributed by atoms with Crippen LogP contribution in [0.25, 0.3) is 10.6 Å². The van der Waals surface area contributed by atoms with Crippen molar-refractivity contribution in [2.45, 2.75) is 26.1 Å². The minimum atomic E-state index is -0.604. The second-order valence-corrected chi connectivity index (χ2v) is 1.99. The van der Waals surface area contributed by atoms with Gasteiger partial charge >= 0.3 is 0 Å². The average molecular weight is 307 g/mol. The molecule has 0 aromatic rings. The summed E-state index contributed by atoms with van der Waals surface area (Å²) in [4.78, 5) is 0. The van der Waals surface area contributed by atoms with Crippen molar-refractivity contribution in [3.8, 4) is 0 Å². The SMILES string of the molecule is [CH2-]C(C)[N-]C[N-]C(C)O.[Y].[Y]. The number of rotatable bonds is 4. The maximum Gasteiger partial charge on any atom is 0 e. The first kappa shape index (κ1) is 18.8. The monoisotopic (exact) mass is 307 g/mol. The molecular weight excluding hydrogens is 294 g/mol. The van der Waals surface area contributed by atoms with Crippen molar-refractivity contribution in [2.75, 3.05) is 6.67 Å². The Kier molecular flexibility index (Phi) is 20.7. The Labute approximate surface area is 119 Å². The molecule has 0 aliphatic heterocycles. The molecule has 0 aliphatic rings. The van der Waals surface area contributed by atoms with Crippen molar-refractivity contribution in [1.82, 2.24) is 0 Å². The van der Waals surface area contributed by atoms with Gasteiger partial charge in [0.25, 0.3) is 0 Å². The van der Waals surface area contributed by atoms with Crippen LogP contribution in [-0.4, -0.2) is 24.0 Å². The van der Waals surface area contributed by atoms with Crippen molar-refractivity contribution in [3.63, 3.8) is 0 Å². The topological polar surface area (TPSA) is 48.4 Å². The summed E-state index contributed by atoms with van der Waals surface area (Å²) in [6.45, 7) is 7.45. The van der Waals surface area contributed by atoms with Gasteiger partial charge in [0.1, 0.15) is 0 Å². The van der Waals surface area contributed by atoms with E-state index in [4.69, 9.17) is 5.11 Å². The van der Waals surface area contributed by atoms with Crippen molar-refractivity contribution >= 4 is 0 Å². The molecule has 2 radical (unpaired) electrons. The molecule has 0 aromatic carbocycles. The van der Waals surface area contributed by atoms with Crippen LogP contribution in [0.15, 0.2) is 0 Å². The van der Waals surface area contributed by atoms with Crippen LogP contribution in [0.1, 0.15) is 13.8 Å². The zero-order chi connectivity index (χ0) is 7.28. The molecule has 2 atom stereocenters. The van der Waals surface area contributed by atoms with E-state index < -0.39 is 6.23 Å². The smallest absolute Gasteiger partial charge is 0 e. The average Bonchev–Trinajstić information content (AvgIpc) is 1.63. The van der Waals surface area contributed by atoms with Gasteiger partial charge in [-0.15, -0.1) is 6.92 Å². The summed E-state index contributed by atoms with van der Waals surface area (Å²) < 4.78 is 0. The molecule has 11 heavy (non-hydrogen) atoms. The van der Waals surface area contributed by atoms with Gasteiger partial charge in [-0.2, -0.15) is 0 Å². The van der Waals surface area contributed by atoms with E-state index in [0.717, 1.165) is 0 Å². The molecule has 0 aliphatic carbocycles. The molecule has 5 heteroatoms. The molecule has 0 fully saturated rings. The Hall–Kier alpha value is 2.09. The second-order valence-electron chi connectivity index (χ2n) is 1.99. The van der Waals surface area contributed by atoms with Gasteiger partial charge in [-0.25, -0.2) is 0 Å². The molecule has 0 spiro atoms. The number of aliphatic hydroxyl groups is 1. The van der Waals surface area contributed by atoms with Crippen molar-refractivity contribution < 1.29 is 70.5 Å². The largest absolute Gasteiger partial charge is 0.704 e. The minimum absolute atomic E-state index is 0. The minimum Gasteiger partial charge on any atom is -0.704 e. The summed E-state index contributed by atoms with van der Waals surface area (Å²) in [5.41, 5.74) is 0. The molecule has 0 amide bonds. The maximum absolute atomic E-state index is 8.62. The summed E-state index contributed by atoms with van der Waals surface area (Å²) in [6, 6.07) is 0.0625. The molecule has 0 heterocycles. The fourth-order valence-corrected chi connectivity index (χ4v) is 0.305. The fraction of sp³-hybridized carbons (Fsp3) is 0.833. The Morgan fingerprint density at radius 1 is 1.27 bits per heavy atom. The van der Waals surface area contributed by atoms with Gasteiger partial charge in [-0.3, -0.25) is 12.7 Å². The Morgan fingerprint density at radius 3 is 2.00 bits per heavy atom. The summed E-state index contributed by atoms with van der Waals surface area (Å²) in [7, 11) is 0. The molecule has 0 saturated heterocycles. The zero-order valence-corrected chi connectivity index (χ0v) is 12.7. The fourth-order valence-electron chi connectivity index (χ4n) is 0.305. The van der Waals surface area contributed by atoms with E-state index in [1.165, 1.54) is 0 Å². The Morgan fingerprint density at radius 2 is 1.73 bits per heavy atom. The van der Waals surface area contributed by atoms with E-state index in [-0.39, 0.29) is 71.5 Å². The van der Waals surface area contributed by atoms with Gasteiger partial charge in [-0.05, 0) is 6.23 Å². The third-order valence-corrected chi connectivity index (χ3v) is 0.739. The van der Waals surface area contributed by atoms with Crippen LogP contribution < -0.4 is 0 Å². The van der Waals surface area contributed by atoms with Crippen molar-refractivity contribution in [1.29, 1.82) is 0 Å². The van der Waals surface area contributed by atoms with Gasteiger partial charge in [0.2, 0.25) is 0 Å². The summed E-state index contributed by atoms with van der Waals surface area (Å²) >= 11 is 0. The van der Waals surface area contributed by atoms with Crippen LogP contribution in [0.4, 0.5) is 0 Å². The van der Waals surface area contributed by atoms with Crippen LogP contribution in [0.2, 0.25) is 0 Å². The van der Waals surface area contributed by atoms with Gasteiger partial charge in [0.15, 0.2) is 0 Å². The van der Waals surface area contributed by atoms with E-state index in [2.05, 4.69) is 17.6 Å². The summed E-state index contributed by atoms with van der Waals surface area (Å²) in [5.74, 6) is 0. The van der Waals surface area contributed by atoms with Crippen LogP contribution in [-0.2, 0) is 65.4 Å². The number of aliphatic hydroxyl groups excluding tert-OH is 1. The molecule has 0 rings (SSSR count). The first-order chi connectivity index (χ1) is 4.13. The van der Waals surface area contributed by atoms with Gasteiger partial charge < -0.3 is 22.7 Å². The molecule has 62 valence electrons. The van der Waals surface area contributed by atoms with Crippen molar-refractivity contribution in [3.05, 3.63) is 17.6 Å². The van der Waals surface area contributed by atoms with Gasteiger partial charge in [0.05, 0.1) is 0 Å². The zero-order valence-electron chi connectivity index (χ0n) is 7.07. The molecule has 1 N–H and O–H groups in total. The van der Waals surface area contributed by atoms with Crippen LogP contribution >= 0.6 is 0 Å². The Bertz CT molecular complexity index is 63.6. The van der Waals surface area contributed by atoms with Crippen LogP contribution in [0.5, 0.6) is 0 Å². The van der Waals surface area contributed by atoms with Gasteiger partial charge in [0, 0.05) is 65.4 Å². The van der Waals surface area contributed by atoms with E-state index in [9.17, 15) is 0 Å².